The Labute approximate surface area is 171 Å². The molecule has 0 unspecified atom stereocenters. The van der Waals surface area contributed by atoms with Gasteiger partial charge in [-0.1, -0.05) is 35.5 Å². The van der Waals surface area contributed by atoms with Gasteiger partial charge in [0.05, 0.1) is 18.8 Å². The van der Waals surface area contributed by atoms with Gasteiger partial charge in [-0.3, -0.25) is 9.59 Å². The number of hydrogen-bond acceptors (Lipinski definition) is 6. The van der Waals surface area contributed by atoms with Gasteiger partial charge in [0.1, 0.15) is 5.75 Å². The van der Waals surface area contributed by atoms with Crippen LogP contribution >= 0.6 is 23.4 Å². The molecule has 0 atom stereocenters. The Hall–Kier alpha value is -2.55. The fourth-order valence-electron chi connectivity index (χ4n) is 2.68. The first-order valence-electron chi connectivity index (χ1n) is 8.50. The van der Waals surface area contributed by atoms with Gasteiger partial charge in [-0.25, -0.2) is 5.01 Å². The molecule has 0 bridgehead atoms. The minimum Gasteiger partial charge on any atom is -0.507 e. The number of nitrogens with one attached hydrogen (secondary N) is 2. The van der Waals surface area contributed by atoms with E-state index in [1.165, 1.54) is 11.1 Å². The average Bonchev–Trinajstić information content (AvgIpc) is 2.66. The molecule has 2 aromatic rings. The Balaban J connectivity index is 1.80. The van der Waals surface area contributed by atoms with Crippen molar-refractivity contribution in [1.29, 1.82) is 0 Å². The molecule has 1 aliphatic rings. The third-order valence-corrected chi connectivity index (χ3v) is 5.05. The van der Waals surface area contributed by atoms with Crippen molar-refractivity contribution in [2.45, 2.75) is 6.54 Å². The number of benzene rings is 2. The summed E-state index contributed by atoms with van der Waals surface area (Å²) in [6, 6.07) is 12.0. The molecule has 3 rings (SSSR count). The Morgan fingerprint density at radius 1 is 1.32 bits per heavy atom. The standard InChI is InChI=1S/C19H19ClN4O3S/c1-21-9-18(26)22-14-4-2-3-12(7-14)10-24-19(27)28-11-16(23-24)15-8-13(20)5-6-17(15)25/h2-8,21,25H,9-11H2,1H3,(H,22,26). The molecule has 0 saturated carbocycles. The minimum absolute atomic E-state index is 0.0623. The SMILES string of the molecule is CNCC(=O)Nc1cccc(CN2N=C(c3cc(Cl)ccc3O)CSC2=O)c1. The van der Waals surface area contributed by atoms with Crippen molar-refractivity contribution in [2.75, 3.05) is 24.7 Å². The van der Waals surface area contributed by atoms with Crippen LogP contribution in [0.2, 0.25) is 5.02 Å². The van der Waals surface area contributed by atoms with Crippen molar-refractivity contribution >= 4 is 45.9 Å². The number of phenols is 1. The molecule has 28 heavy (non-hydrogen) atoms. The molecule has 0 aromatic heterocycles. The number of nitrogens with zero attached hydrogens (tertiary/aromatic N) is 2. The number of aromatic hydroxyl groups is 1. The summed E-state index contributed by atoms with van der Waals surface area (Å²) in [5, 5.41) is 21.7. The number of hydrogen-bond donors (Lipinski definition) is 3. The molecule has 1 aliphatic heterocycles. The molecular formula is C19H19ClN4O3S. The number of carbonyl (C=O) groups is 2. The van der Waals surface area contributed by atoms with Crippen molar-refractivity contribution in [2.24, 2.45) is 5.10 Å². The van der Waals surface area contributed by atoms with E-state index in [4.69, 9.17) is 11.6 Å². The van der Waals surface area contributed by atoms with E-state index in [2.05, 4.69) is 15.7 Å². The second-order valence-electron chi connectivity index (χ2n) is 6.10. The molecule has 0 radical (unpaired) electrons. The zero-order valence-corrected chi connectivity index (χ0v) is 16.7. The Morgan fingerprint density at radius 3 is 2.93 bits per heavy atom. The lowest BCUT2D eigenvalue weighted by Gasteiger charge is -2.23. The predicted octanol–water partition coefficient (Wildman–Crippen LogP) is 3.28. The van der Waals surface area contributed by atoms with Crippen molar-refractivity contribution in [3.8, 4) is 5.75 Å². The van der Waals surface area contributed by atoms with E-state index < -0.39 is 0 Å². The molecule has 9 heteroatoms. The lowest BCUT2D eigenvalue weighted by Crippen LogP contribution is -2.29. The van der Waals surface area contributed by atoms with Gasteiger partial charge in [-0.05, 0) is 42.9 Å². The van der Waals surface area contributed by atoms with Crippen molar-refractivity contribution in [1.82, 2.24) is 10.3 Å². The van der Waals surface area contributed by atoms with E-state index in [1.807, 2.05) is 6.07 Å². The van der Waals surface area contributed by atoms with Gasteiger partial charge in [0.25, 0.3) is 0 Å². The Morgan fingerprint density at radius 2 is 2.14 bits per heavy atom. The van der Waals surface area contributed by atoms with Crippen LogP contribution in [-0.4, -0.2) is 46.3 Å². The number of phenolic OH excluding ortho intramolecular Hbond substituents is 1. The summed E-state index contributed by atoms with van der Waals surface area (Å²) in [7, 11) is 1.70. The second kappa shape index (κ2) is 9.09. The second-order valence-corrected chi connectivity index (χ2v) is 7.46. The van der Waals surface area contributed by atoms with Crippen LogP contribution < -0.4 is 10.6 Å². The fourth-order valence-corrected chi connectivity index (χ4v) is 3.58. The molecule has 0 fully saturated rings. The first kappa shape index (κ1) is 20.2. The molecule has 2 amide bonds. The maximum atomic E-state index is 12.3. The Kier molecular flexibility index (Phi) is 6.56. The van der Waals surface area contributed by atoms with Crippen LogP contribution in [0, 0.1) is 0 Å². The van der Waals surface area contributed by atoms with Crippen LogP contribution in [0.3, 0.4) is 0 Å². The van der Waals surface area contributed by atoms with Gasteiger partial charge >= 0.3 is 5.24 Å². The summed E-state index contributed by atoms with van der Waals surface area (Å²) < 4.78 is 0. The normalized spacial score (nSPS) is 14.0. The third-order valence-electron chi connectivity index (χ3n) is 3.93. The van der Waals surface area contributed by atoms with E-state index in [1.54, 1.807) is 37.4 Å². The molecule has 0 aliphatic carbocycles. The first-order valence-corrected chi connectivity index (χ1v) is 9.86. The van der Waals surface area contributed by atoms with Crippen LogP contribution in [0.1, 0.15) is 11.1 Å². The van der Waals surface area contributed by atoms with E-state index in [-0.39, 0.29) is 30.0 Å². The van der Waals surface area contributed by atoms with Gasteiger partial charge in [0.2, 0.25) is 5.91 Å². The molecule has 146 valence electrons. The van der Waals surface area contributed by atoms with Gasteiger partial charge in [0, 0.05) is 22.0 Å². The topological polar surface area (TPSA) is 94.0 Å². The van der Waals surface area contributed by atoms with Gasteiger partial charge < -0.3 is 15.7 Å². The van der Waals surface area contributed by atoms with Crippen molar-refractivity contribution < 1.29 is 14.7 Å². The highest BCUT2D eigenvalue weighted by Crippen LogP contribution is 2.28. The predicted molar refractivity (Wildman–Crippen MR) is 112 cm³/mol. The molecule has 1 heterocycles. The van der Waals surface area contributed by atoms with Crippen molar-refractivity contribution in [3.63, 3.8) is 0 Å². The highest BCUT2D eigenvalue weighted by atomic mass is 35.5. The Bertz CT molecular complexity index is 935. The third kappa shape index (κ3) is 5.03. The van der Waals surface area contributed by atoms with Gasteiger partial charge in [0.15, 0.2) is 0 Å². The smallest absolute Gasteiger partial charge is 0.302 e. The minimum atomic E-state index is -0.185. The number of rotatable bonds is 6. The summed E-state index contributed by atoms with van der Waals surface area (Å²) in [6.45, 7) is 0.453. The number of anilines is 1. The van der Waals surface area contributed by atoms with E-state index >= 15 is 0 Å². The average molecular weight is 419 g/mol. The molecule has 2 aromatic carbocycles. The van der Waals surface area contributed by atoms with Gasteiger partial charge in [-0.2, -0.15) is 5.10 Å². The summed E-state index contributed by atoms with van der Waals surface area (Å²) >= 11 is 7.13. The quantitative estimate of drug-likeness (QED) is 0.669. The summed E-state index contributed by atoms with van der Waals surface area (Å²) in [5.41, 5.74) is 2.54. The van der Waals surface area contributed by atoms with E-state index in [0.717, 1.165) is 17.3 Å². The molecule has 0 saturated heterocycles. The van der Waals surface area contributed by atoms with Crippen LogP contribution in [-0.2, 0) is 11.3 Å². The lowest BCUT2D eigenvalue weighted by atomic mass is 10.1. The fraction of sp³-hybridized carbons (Fsp3) is 0.211. The molecule has 3 N–H and O–H groups in total. The van der Waals surface area contributed by atoms with Crippen LogP contribution in [0.25, 0.3) is 0 Å². The summed E-state index contributed by atoms with van der Waals surface area (Å²) in [6.07, 6.45) is 0. The highest BCUT2D eigenvalue weighted by molar-refractivity contribution is 8.14. The van der Waals surface area contributed by atoms with Gasteiger partial charge in [-0.15, -0.1) is 0 Å². The number of hydrazone groups is 1. The first-order chi connectivity index (χ1) is 13.5. The van der Waals surface area contributed by atoms with Crippen molar-refractivity contribution in [3.05, 3.63) is 58.6 Å². The largest absolute Gasteiger partial charge is 0.507 e. The summed E-state index contributed by atoms with van der Waals surface area (Å²) in [5.74, 6) is 0.261. The van der Waals surface area contributed by atoms with Crippen LogP contribution in [0.5, 0.6) is 5.75 Å². The lowest BCUT2D eigenvalue weighted by molar-refractivity contribution is -0.115. The number of carbonyl (C=O) groups excluding carboxylic acids is 2. The number of thioether (sulfide) groups is 1. The summed E-state index contributed by atoms with van der Waals surface area (Å²) in [4.78, 5) is 24.0. The van der Waals surface area contributed by atoms with Crippen LogP contribution in [0.15, 0.2) is 47.6 Å². The number of likely N-dealkylation sites (N-methyl/N-ethyl adjacent to an activating group) is 1. The number of halogens is 1. The number of amides is 2. The zero-order valence-electron chi connectivity index (χ0n) is 15.1. The monoisotopic (exact) mass is 418 g/mol. The molecule has 0 spiro atoms. The molecular weight excluding hydrogens is 400 g/mol. The van der Waals surface area contributed by atoms with E-state index in [9.17, 15) is 14.7 Å². The highest BCUT2D eigenvalue weighted by Gasteiger charge is 2.24. The maximum Gasteiger partial charge on any atom is 0.302 e. The zero-order chi connectivity index (χ0) is 20.1. The van der Waals surface area contributed by atoms with Crippen LogP contribution in [0.4, 0.5) is 10.5 Å². The maximum absolute atomic E-state index is 12.3. The molecule has 7 nitrogen and oxygen atoms in total. The van der Waals surface area contributed by atoms with E-state index in [0.29, 0.717) is 27.7 Å².